The first-order chi connectivity index (χ1) is 14.9. The highest BCUT2D eigenvalue weighted by atomic mass is 35.5. The minimum absolute atomic E-state index is 0.126. The molecule has 3 aromatic rings. The predicted octanol–water partition coefficient (Wildman–Crippen LogP) is 7.22. The van der Waals surface area contributed by atoms with E-state index in [1.54, 1.807) is 24.3 Å². The molecule has 0 radical (unpaired) electrons. The number of hydrogen-bond acceptors (Lipinski definition) is 3. The number of ketones is 1. The highest BCUT2D eigenvalue weighted by Gasteiger charge is 2.32. The lowest BCUT2D eigenvalue weighted by Gasteiger charge is -2.19. The summed E-state index contributed by atoms with van der Waals surface area (Å²) in [6.45, 7) is 6.02. The van der Waals surface area contributed by atoms with Crippen LogP contribution in [-0.4, -0.2) is 5.78 Å². The summed E-state index contributed by atoms with van der Waals surface area (Å²) < 4.78 is 40.0. The summed E-state index contributed by atoms with van der Waals surface area (Å²) in [5.41, 5.74) is 6.52. The van der Waals surface area contributed by atoms with Crippen LogP contribution < -0.4 is 5.73 Å². The number of benzene rings is 2. The zero-order valence-electron chi connectivity index (χ0n) is 17.7. The SMILES string of the molecule is CC(C)(C)Cc1c(C#Cc2ccccc2C(F)(F)F)sc(N)c1C(=O)c1ccc(Cl)cc1. The number of carbonyl (C=O) groups excluding carboxylic acids is 1. The zero-order chi connectivity index (χ0) is 23.7. The first-order valence-corrected chi connectivity index (χ1v) is 11.0. The quantitative estimate of drug-likeness (QED) is 0.321. The van der Waals surface area contributed by atoms with Gasteiger partial charge in [-0.05, 0) is 53.8 Å². The Morgan fingerprint density at radius 2 is 1.66 bits per heavy atom. The van der Waals surface area contributed by atoms with Crippen molar-refractivity contribution in [2.45, 2.75) is 33.4 Å². The van der Waals surface area contributed by atoms with Gasteiger partial charge in [0.1, 0.15) is 0 Å². The molecule has 2 N–H and O–H groups in total. The fraction of sp³-hybridized carbons (Fsp3) is 0.240. The lowest BCUT2D eigenvalue weighted by Crippen LogP contribution is -2.14. The van der Waals surface area contributed by atoms with E-state index in [-0.39, 0.29) is 21.8 Å². The Morgan fingerprint density at radius 3 is 2.25 bits per heavy atom. The molecule has 2 nitrogen and oxygen atoms in total. The predicted molar refractivity (Wildman–Crippen MR) is 124 cm³/mol. The summed E-state index contributed by atoms with van der Waals surface area (Å²) >= 11 is 7.04. The number of carbonyl (C=O) groups is 1. The van der Waals surface area contributed by atoms with Gasteiger partial charge in [-0.1, -0.05) is 56.3 Å². The molecule has 0 bridgehead atoms. The van der Waals surface area contributed by atoms with Crippen molar-refractivity contribution in [3.8, 4) is 11.8 Å². The molecule has 0 unspecified atom stereocenters. The monoisotopic (exact) mass is 475 g/mol. The van der Waals surface area contributed by atoms with Gasteiger partial charge in [0.05, 0.1) is 21.0 Å². The Labute approximate surface area is 194 Å². The average molecular weight is 476 g/mol. The van der Waals surface area contributed by atoms with Crippen LogP contribution in [0.1, 0.15) is 58.3 Å². The summed E-state index contributed by atoms with van der Waals surface area (Å²) in [7, 11) is 0. The van der Waals surface area contributed by atoms with Crippen molar-refractivity contribution in [3.63, 3.8) is 0 Å². The number of nitrogens with two attached hydrogens (primary N) is 1. The molecule has 1 aromatic heterocycles. The van der Waals surface area contributed by atoms with Crippen molar-refractivity contribution in [3.05, 3.63) is 86.2 Å². The summed E-state index contributed by atoms with van der Waals surface area (Å²) in [6, 6.07) is 11.6. The van der Waals surface area contributed by atoms with E-state index in [0.717, 1.165) is 17.4 Å². The maximum atomic E-state index is 13.3. The van der Waals surface area contributed by atoms with Crippen molar-refractivity contribution < 1.29 is 18.0 Å². The van der Waals surface area contributed by atoms with Crippen LogP contribution in [0.2, 0.25) is 5.02 Å². The summed E-state index contributed by atoms with van der Waals surface area (Å²) in [4.78, 5) is 13.7. The second-order valence-corrected chi connectivity index (χ2v) is 10.0. The van der Waals surface area contributed by atoms with Gasteiger partial charge in [0, 0.05) is 16.1 Å². The van der Waals surface area contributed by atoms with Crippen LogP contribution in [0.5, 0.6) is 0 Å². The van der Waals surface area contributed by atoms with Crippen molar-refractivity contribution >= 4 is 33.7 Å². The molecular weight excluding hydrogens is 455 g/mol. The van der Waals surface area contributed by atoms with Gasteiger partial charge in [0.2, 0.25) is 0 Å². The highest BCUT2D eigenvalue weighted by molar-refractivity contribution is 7.17. The van der Waals surface area contributed by atoms with Gasteiger partial charge in [-0.3, -0.25) is 4.79 Å². The number of nitrogen functional groups attached to an aromatic ring is 1. The van der Waals surface area contributed by atoms with Crippen LogP contribution in [0.3, 0.4) is 0 Å². The molecule has 3 rings (SSSR count). The van der Waals surface area contributed by atoms with E-state index in [9.17, 15) is 18.0 Å². The molecule has 0 aliphatic heterocycles. The van der Waals surface area contributed by atoms with Crippen molar-refractivity contribution in [2.75, 3.05) is 5.73 Å². The van der Waals surface area contributed by atoms with Crippen molar-refractivity contribution in [2.24, 2.45) is 5.41 Å². The fourth-order valence-corrected chi connectivity index (χ4v) is 4.31. The Balaban J connectivity index is 2.13. The van der Waals surface area contributed by atoms with Gasteiger partial charge >= 0.3 is 6.18 Å². The van der Waals surface area contributed by atoms with Gasteiger partial charge in [-0.25, -0.2) is 0 Å². The minimum atomic E-state index is -4.51. The van der Waals surface area contributed by atoms with Crippen LogP contribution in [-0.2, 0) is 12.6 Å². The molecule has 166 valence electrons. The number of anilines is 1. The van der Waals surface area contributed by atoms with E-state index in [4.69, 9.17) is 17.3 Å². The van der Waals surface area contributed by atoms with Gasteiger partial charge in [-0.2, -0.15) is 13.2 Å². The van der Waals surface area contributed by atoms with Crippen molar-refractivity contribution in [1.82, 2.24) is 0 Å². The maximum Gasteiger partial charge on any atom is 0.417 e. The molecular formula is C25H21ClF3NOS. The number of halogens is 4. The van der Waals surface area contributed by atoms with Crippen LogP contribution in [0.25, 0.3) is 0 Å². The standard InChI is InChI=1S/C25H21ClF3NOS/c1-24(2,3)14-18-20(13-10-15-6-4-5-7-19(15)25(27,28)29)32-23(30)21(18)22(31)16-8-11-17(26)12-9-16/h4-9,11-12H,14,30H2,1-3H3. The minimum Gasteiger partial charge on any atom is -0.390 e. The molecule has 0 saturated carbocycles. The smallest absolute Gasteiger partial charge is 0.390 e. The molecule has 0 fully saturated rings. The molecule has 0 atom stereocenters. The van der Waals surface area contributed by atoms with Crippen molar-refractivity contribution in [1.29, 1.82) is 0 Å². The molecule has 0 saturated heterocycles. The molecule has 1 heterocycles. The molecule has 0 spiro atoms. The second-order valence-electron chi connectivity index (χ2n) is 8.52. The second kappa shape index (κ2) is 9.01. The van der Waals surface area contributed by atoms with Gasteiger partial charge in [0.25, 0.3) is 0 Å². The fourth-order valence-electron chi connectivity index (χ4n) is 3.24. The maximum absolute atomic E-state index is 13.3. The Morgan fingerprint density at radius 1 is 1.03 bits per heavy atom. The van der Waals surface area contributed by atoms with Crippen LogP contribution in [0.15, 0.2) is 48.5 Å². The largest absolute Gasteiger partial charge is 0.417 e. The normalized spacial score (nSPS) is 11.7. The molecule has 32 heavy (non-hydrogen) atoms. The number of hydrogen-bond donors (Lipinski definition) is 1. The molecule has 0 aliphatic carbocycles. The Bertz CT molecular complexity index is 1210. The number of rotatable bonds is 3. The Kier molecular flexibility index (Phi) is 6.73. The molecule has 2 aromatic carbocycles. The number of alkyl halides is 3. The molecule has 0 amide bonds. The Hall–Kier alpha value is -2.75. The molecule has 7 heteroatoms. The average Bonchev–Trinajstić information content (AvgIpc) is 2.99. The summed E-state index contributed by atoms with van der Waals surface area (Å²) in [6.07, 6.45) is -4.02. The third-order valence-electron chi connectivity index (χ3n) is 4.62. The third kappa shape index (κ3) is 5.53. The van der Waals surface area contributed by atoms with Gasteiger partial charge in [0.15, 0.2) is 5.78 Å². The first kappa shape index (κ1) is 23.9. The lowest BCUT2D eigenvalue weighted by atomic mass is 9.85. The summed E-state index contributed by atoms with van der Waals surface area (Å²) in [5.74, 6) is 5.24. The van der Waals surface area contributed by atoms with E-state index in [0.29, 0.717) is 33.0 Å². The van der Waals surface area contributed by atoms with Crippen LogP contribution in [0, 0.1) is 17.3 Å². The van der Waals surface area contributed by atoms with Crippen LogP contribution in [0.4, 0.5) is 18.2 Å². The lowest BCUT2D eigenvalue weighted by molar-refractivity contribution is -0.137. The topological polar surface area (TPSA) is 43.1 Å². The highest BCUT2D eigenvalue weighted by Crippen LogP contribution is 2.37. The van der Waals surface area contributed by atoms with Crippen LogP contribution >= 0.6 is 22.9 Å². The third-order valence-corrected chi connectivity index (χ3v) is 5.85. The first-order valence-electron chi connectivity index (χ1n) is 9.76. The summed E-state index contributed by atoms with van der Waals surface area (Å²) in [5, 5.41) is 0.794. The number of thiophene rings is 1. The van der Waals surface area contributed by atoms with E-state index < -0.39 is 11.7 Å². The van der Waals surface area contributed by atoms with E-state index in [2.05, 4.69) is 11.8 Å². The van der Waals surface area contributed by atoms with E-state index in [1.807, 2.05) is 20.8 Å². The van der Waals surface area contributed by atoms with E-state index in [1.165, 1.54) is 18.2 Å². The van der Waals surface area contributed by atoms with E-state index >= 15 is 0 Å². The van der Waals surface area contributed by atoms with Gasteiger partial charge in [-0.15, -0.1) is 11.3 Å². The molecule has 0 aliphatic rings. The zero-order valence-corrected chi connectivity index (χ0v) is 19.3. The van der Waals surface area contributed by atoms with Gasteiger partial charge < -0.3 is 5.73 Å².